The summed E-state index contributed by atoms with van der Waals surface area (Å²) in [7, 11) is 0. The van der Waals surface area contributed by atoms with Crippen LogP contribution >= 0.6 is 0 Å². The Balaban J connectivity index is 2.29. The van der Waals surface area contributed by atoms with Crippen LogP contribution in [0.2, 0.25) is 0 Å². The zero-order valence-electron chi connectivity index (χ0n) is 10.3. The number of amides is 1. The molecule has 0 radical (unpaired) electrons. The lowest BCUT2D eigenvalue weighted by atomic mass is 9.87. The minimum absolute atomic E-state index is 0.146. The fourth-order valence-electron chi connectivity index (χ4n) is 2.28. The van der Waals surface area contributed by atoms with Crippen molar-refractivity contribution in [2.45, 2.75) is 57.4 Å². The number of hydrogen-bond acceptors (Lipinski definition) is 3. The summed E-state index contributed by atoms with van der Waals surface area (Å²) in [6.45, 7) is 1.42. The molecule has 0 saturated heterocycles. The number of rotatable bonds is 4. The summed E-state index contributed by atoms with van der Waals surface area (Å²) in [6, 6.07) is 0. The van der Waals surface area contributed by atoms with Gasteiger partial charge >= 0.3 is 6.18 Å². The highest BCUT2D eigenvalue weighted by Gasteiger charge is 2.33. The molecule has 0 aromatic carbocycles. The summed E-state index contributed by atoms with van der Waals surface area (Å²) in [6.07, 6.45) is -3.76. The molecule has 18 heavy (non-hydrogen) atoms. The second-order valence-electron chi connectivity index (χ2n) is 4.75. The Morgan fingerprint density at radius 1 is 1.39 bits per heavy atom. The second kappa shape index (κ2) is 6.38. The van der Waals surface area contributed by atoms with Gasteiger partial charge in [-0.2, -0.15) is 13.2 Å². The van der Waals surface area contributed by atoms with Gasteiger partial charge in [-0.25, -0.2) is 5.84 Å². The van der Waals surface area contributed by atoms with E-state index in [1.165, 1.54) is 6.92 Å². The van der Waals surface area contributed by atoms with Gasteiger partial charge in [0, 0.05) is 5.92 Å². The van der Waals surface area contributed by atoms with Gasteiger partial charge in [-0.15, -0.1) is 0 Å². The predicted octanol–water partition coefficient (Wildman–Crippen LogP) is 1.89. The summed E-state index contributed by atoms with van der Waals surface area (Å²) < 4.78 is 41.7. The Morgan fingerprint density at radius 3 is 2.39 bits per heavy atom. The first-order valence-corrected chi connectivity index (χ1v) is 6.04. The first kappa shape index (κ1) is 15.2. The maximum atomic E-state index is 12.1. The zero-order valence-corrected chi connectivity index (χ0v) is 10.3. The fraction of sp³-hybridized carbons (Fsp3) is 0.909. The van der Waals surface area contributed by atoms with E-state index in [0.717, 1.165) is 0 Å². The van der Waals surface area contributed by atoms with Crippen molar-refractivity contribution in [3.05, 3.63) is 0 Å². The molecule has 0 bridgehead atoms. The largest absolute Gasteiger partial charge is 0.391 e. The van der Waals surface area contributed by atoms with Crippen LogP contribution in [-0.2, 0) is 9.53 Å². The van der Waals surface area contributed by atoms with Crippen LogP contribution in [0, 0.1) is 5.92 Å². The minimum Gasteiger partial charge on any atom is -0.375 e. The molecule has 106 valence electrons. The molecule has 0 heterocycles. The van der Waals surface area contributed by atoms with E-state index in [0.29, 0.717) is 25.7 Å². The number of nitrogens with one attached hydrogen (secondary N) is 1. The normalized spacial score (nSPS) is 26.7. The Labute approximate surface area is 104 Å². The van der Waals surface area contributed by atoms with E-state index in [2.05, 4.69) is 5.43 Å². The van der Waals surface area contributed by atoms with Crippen molar-refractivity contribution in [2.24, 2.45) is 11.8 Å². The van der Waals surface area contributed by atoms with Crippen LogP contribution < -0.4 is 11.3 Å². The average molecular weight is 268 g/mol. The van der Waals surface area contributed by atoms with Crippen molar-refractivity contribution in [3.63, 3.8) is 0 Å². The topological polar surface area (TPSA) is 64.3 Å². The lowest BCUT2D eigenvalue weighted by molar-refractivity contribution is -0.167. The molecule has 1 aliphatic carbocycles. The molecular weight excluding hydrogens is 249 g/mol. The van der Waals surface area contributed by atoms with E-state index in [1.54, 1.807) is 0 Å². The summed E-state index contributed by atoms with van der Waals surface area (Å²) in [5.74, 6) is 4.67. The molecule has 1 atom stereocenters. The van der Waals surface area contributed by atoms with Crippen LogP contribution in [0.1, 0.15) is 39.0 Å². The highest BCUT2D eigenvalue weighted by Crippen LogP contribution is 2.29. The van der Waals surface area contributed by atoms with Crippen LogP contribution in [0.15, 0.2) is 0 Å². The molecule has 3 N–H and O–H groups in total. The summed E-state index contributed by atoms with van der Waals surface area (Å²) in [5, 5.41) is 0. The van der Waals surface area contributed by atoms with Gasteiger partial charge < -0.3 is 4.74 Å². The third-order valence-corrected chi connectivity index (χ3v) is 3.13. The average Bonchev–Trinajstić information content (AvgIpc) is 2.26. The van der Waals surface area contributed by atoms with Gasteiger partial charge in [0.25, 0.3) is 0 Å². The Kier molecular flexibility index (Phi) is 5.40. The maximum absolute atomic E-state index is 12.1. The van der Waals surface area contributed by atoms with Crippen molar-refractivity contribution in [1.82, 2.24) is 5.43 Å². The molecule has 0 spiro atoms. The number of carbonyl (C=O) groups is 1. The molecule has 7 heteroatoms. The lowest BCUT2D eigenvalue weighted by Gasteiger charge is -2.29. The van der Waals surface area contributed by atoms with E-state index in [1.807, 2.05) is 0 Å². The van der Waals surface area contributed by atoms with Gasteiger partial charge in [-0.05, 0) is 32.6 Å². The summed E-state index contributed by atoms with van der Waals surface area (Å²) in [4.78, 5) is 11.3. The fourth-order valence-corrected chi connectivity index (χ4v) is 2.28. The Bertz CT molecular complexity index is 276. The van der Waals surface area contributed by atoms with Crippen molar-refractivity contribution in [1.29, 1.82) is 0 Å². The Hall–Kier alpha value is -0.820. The molecule has 1 amide bonds. The van der Waals surface area contributed by atoms with Crippen molar-refractivity contribution >= 4 is 5.91 Å². The van der Waals surface area contributed by atoms with Crippen LogP contribution in [-0.4, -0.2) is 24.3 Å². The minimum atomic E-state index is -4.20. The predicted molar refractivity (Wildman–Crippen MR) is 59.3 cm³/mol. The quantitative estimate of drug-likeness (QED) is 0.465. The monoisotopic (exact) mass is 268 g/mol. The molecule has 1 unspecified atom stereocenters. The zero-order chi connectivity index (χ0) is 13.8. The van der Waals surface area contributed by atoms with Gasteiger partial charge in [0.05, 0.1) is 18.6 Å². The van der Waals surface area contributed by atoms with E-state index in [4.69, 9.17) is 10.6 Å². The third-order valence-electron chi connectivity index (χ3n) is 3.13. The molecule has 1 rings (SSSR count). The van der Waals surface area contributed by atoms with E-state index < -0.39 is 18.7 Å². The van der Waals surface area contributed by atoms with Gasteiger partial charge in [0.1, 0.15) is 0 Å². The smallest absolute Gasteiger partial charge is 0.375 e. The molecule has 1 aliphatic rings. The standard InChI is InChI=1S/C11H19F3N2O2/c1-7(6-11(12,13)14)18-9-4-2-8(3-5-9)10(17)16-15/h7-9H,2-6,15H2,1H3,(H,16,17)/t7?,8-,9-. The molecule has 1 fully saturated rings. The van der Waals surface area contributed by atoms with Crippen LogP contribution in [0.5, 0.6) is 0 Å². The first-order chi connectivity index (χ1) is 8.31. The number of halogens is 3. The lowest BCUT2D eigenvalue weighted by Crippen LogP contribution is -2.39. The molecule has 4 nitrogen and oxygen atoms in total. The van der Waals surface area contributed by atoms with Gasteiger partial charge in [-0.3, -0.25) is 10.2 Å². The number of nitrogens with two attached hydrogens (primary N) is 1. The van der Waals surface area contributed by atoms with Crippen molar-refractivity contribution in [2.75, 3.05) is 0 Å². The number of alkyl halides is 3. The molecule has 0 aromatic heterocycles. The molecule has 0 aromatic rings. The molecule has 1 saturated carbocycles. The summed E-state index contributed by atoms with van der Waals surface area (Å²) in [5.41, 5.74) is 2.09. The van der Waals surface area contributed by atoms with Crippen LogP contribution in [0.3, 0.4) is 0 Å². The van der Waals surface area contributed by atoms with Crippen LogP contribution in [0.4, 0.5) is 13.2 Å². The number of hydrazine groups is 1. The summed E-state index contributed by atoms with van der Waals surface area (Å²) >= 11 is 0. The highest BCUT2D eigenvalue weighted by molar-refractivity contribution is 5.77. The van der Waals surface area contributed by atoms with Gasteiger partial charge in [-0.1, -0.05) is 0 Å². The number of hydrogen-bond donors (Lipinski definition) is 2. The third kappa shape index (κ3) is 5.22. The van der Waals surface area contributed by atoms with Crippen LogP contribution in [0.25, 0.3) is 0 Å². The van der Waals surface area contributed by atoms with E-state index >= 15 is 0 Å². The molecule has 0 aliphatic heterocycles. The van der Waals surface area contributed by atoms with Crippen molar-refractivity contribution in [3.8, 4) is 0 Å². The van der Waals surface area contributed by atoms with E-state index in [-0.39, 0.29) is 17.9 Å². The number of carbonyl (C=O) groups excluding carboxylic acids is 1. The van der Waals surface area contributed by atoms with Gasteiger partial charge in [0.15, 0.2) is 0 Å². The number of ether oxygens (including phenoxy) is 1. The highest BCUT2D eigenvalue weighted by atomic mass is 19.4. The van der Waals surface area contributed by atoms with Crippen molar-refractivity contribution < 1.29 is 22.7 Å². The second-order valence-corrected chi connectivity index (χ2v) is 4.75. The Morgan fingerprint density at radius 2 is 1.94 bits per heavy atom. The first-order valence-electron chi connectivity index (χ1n) is 6.04. The van der Waals surface area contributed by atoms with Gasteiger partial charge in [0.2, 0.25) is 5.91 Å². The molecular formula is C11H19F3N2O2. The maximum Gasteiger partial charge on any atom is 0.391 e. The SMILES string of the molecule is CC(CC(F)(F)F)O[C@H]1CC[C@H](C(=O)NN)CC1. The van der Waals surface area contributed by atoms with E-state index in [9.17, 15) is 18.0 Å².